The third-order valence-corrected chi connectivity index (χ3v) is 0.516. The van der Waals surface area contributed by atoms with Crippen LogP contribution in [0, 0.1) is 0 Å². The van der Waals surface area contributed by atoms with Gasteiger partial charge < -0.3 is 10.5 Å². The van der Waals surface area contributed by atoms with Gasteiger partial charge in [0, 0.05) is 12.6 Å². The average molecular weight is 133 g/mol. The van der Waals surface area contributed by atoms with Crippen LogP contribution in [-0.2, 0) is 4.74 Å². The molecule has 0 aliphatic carbocycles. The summed E-state index contributed by atoms with van der Waals surface area (Å²) in [6.07, 6.45) is 0. The molecule has 2 N–H and O–H groups in total. The second-order valence-corrected chi connectivity index (χ2v) is 2.42. The summed E-state index contributed by atoms with van der Waals surface area (Å²) in [5.74, 6) is 0. The second-order valence-electron chi connectivity index (χ2n) is 2.42. The van der Waals surface area contributed by atoms with E-state index in [1.165, 1.54) is 0 Å². The molecule has 9 heavy (non-hydrogen) atoms. The first-order valence-electron chi connectivity index (χ1n) is 3.34. The van der Waals surface area contributed by atoms with Crippen molar-refractivity contribution in [1.82, 2.24) is 0 Å². The molecule has 0 unspecified atom stereocenters. The molecule has 2 heteroatoms. The number of rotatable bonds is 2. The zero-order valence-electron chi connectivity index (χ0n) is 7.19. The maximum atomic E-state index is 5.52. The molecule has 58 valence electrons. The predicted molar refractivity (Wildman–Crippen MR) is 41.5 cm³/mol. The first kappa shape index (κ1) is 11.7. The van der Waals surface area contributed by atoms with Gasteiger partial charge in [0.15, 0.2) is 0 Å². The van der Waals surface area contributed by atoms with Crippen molar-refractivity contribution in [2.24, 2.45) is 5.73 Å². The van der Waals surface area contributed by atoms with Gasteiger partial charge in [0.2, 0.25) is 0 Å². The quantitative estimate of drug-likeness (QED) is 0.618. The van der Waals surface area contributed by atoms with E-state index in [1.54, 1.807) is 7.11 Å². The minimum Gasteiger partial charge on any atom is -0.383 e. The number of methoxy groups -OCH3 is 1. The van der Waals surface area contributed by atoms with Crippen molar-refractivity contribution in [2.75, 3.05) is 13.7 Å². The maximum absolute atomic E-state index is 5.52. The van der Waals surface area contributed by atoms with E-state index in [9.17, 15) is 0 Å². The van der Waals surface area contributed by atoms with Gasteiger partial charge in [0.05, 0.1) is 6.61 Å². The summed E-state index contributed by atoms with van der Waals surface area (Å²) < 4.78 is 4.78. The van der Waals surface area contributed by atoms with Crippen molar-refractivity contribution in [3.8, 4) is 0 Å². The zero-order chi connectivity index (χ0) is 7.91. The van der Waals surface area contributed by atoms with Crippen LogP contribution in [0.3, 0.4) is 0 Å². The Morgan fingerprint density at radius 3 is 1.67 bits per heavy atom. The van der Waals surface area contributed by atoms with Gasteiger partial charge in [0.1, 0.15) is 0 Å². The Morgan fingerprint density at radius 2 is 1.67 bits per heavy atom. The van der Waals surface area contributed by atoms with E-state index in [2.05, 4.69) is 0 Å². The largest absolute Gasteiger partial charge is 0.383 e. The summed E-state index contributed by atoms with van der Waals surface area (Å²) >= 11 is 0. The van der Waals surface area contributed by atoms with Crippen molar-refractivity contribution in [3.05, 3.63) is 0 Å². The molecule has 0 aromatic heterocycles. The van der Waals surface area contributed by atoms with E-state index in [4.69, 9.17) is 10.5 Å². The molecule has 0 rings (SSSR count). The second kappa shape index (κ2) is 6.05. The lowest BCUT2D eigenvalue weighted by Crippen LogP contribution is -2.36. The van der Waals surface area contributed by atoms with Crippen LogP contribution in [0.4, 0.5) is 0 Å². The van der Waals surface area contributed by atoms with Crippen LogP contribution in [0.5, 0.6) is 0 Å². The monoisotopic (exact) mass is 133 g/mol. The Kier molecular flexibility index (Phi) is 7.85. The highest BCUT2D eigenvalue weighted by molar-refractivity contribution is 4.69. The standard InChI is InChI=1S/C5H13NO.C2H6/c1-5(2,6)4-7-3;1-2/h4,6H2,1-3H3;1-2H3. The van der Waals surface area contributed by atoms with E-state index < -0.39 is 0 Å². The topological polar surface area (TPSA) is 35.2 Å². The Bertz CT molecular complexity index is 47.4. The summed E-state index contributed by atoms with van der Waals surface area (Å²) in [7, 11) is 1.65. The lowest BCUT2D eigenvalue weighted by atomic mass is 10.1. The Morgan fingerprint density at radius 1 is 1.33 bits per heavy atom. The summed E-state index contributed by atoms with van der Waals surface area (Å²) in [6, 6.07) is 0. The minimum absolute atomic E-state index is 0.172. The van der Waals surface area contributed by atoms with Gasteiger partial charge in [-0.25, -0.2) is 0 Å². The molecule has 0 radical (unpaired) electrons. The molecule has 0 atom stereocenters. The molecule has 0 bridgehead atoms. The van der Waals surface area contributed by atoms with Crippen molar-refractivity contribution >= 4 is 0 Å². The van der Waals surface area contributed by atoms with E-state index in [1.807, 2.05) is 27.7 Å². The molecule has 0 aromatic carbocycles. The number of hydrogen-bond acceptors (Lipinski definition) is 2. The lowest BCUT2D eigenvalue weighted by Gasteiger charge is -2.15. The smallest absolute Gasteiger partial charge is 0.0636 e. The van der Waals surface area contributed by atoms with Crippen LogP contribution in [0.25, 0.3) is 0 Å². The first-order chi connectivity index (χ1) is 4.06. The Labute approximate surface area is 58.4 Å². The average Bonchev–Trinajstić information content (AvgIpc) is 1.69. The molecule has 0 saturated heterocycles. The van der Waals surface area contributed by atoms with Gasteiger partial charge in [-0.2, -0.15) is 0 Å². The molecule has 0 amide bonds. The molecule has 0 aliphatic heterocycles. The highest BCUT2D eigenvalue weighted by Crippen LogP contribution is 1.93. The van der Waals surface area contributed by atoms with Gasteiger partial charge in [-0.3, -0.25) is 0 Å². The first-order valence-corrected chi connectivity index (χ1v) is 3.34. The molecular weight excluding hydrogens is 114 g/mol. The van der Waals surface area contributed by atoms with E-state index in [0.29, 0.717) is 6.61 Å². The fourth-order valence-electron chi connectivity index (χ4n) is 0.372. The Balaban J connectivity index is 0. The van der Waals surface area contributed by atoms with Crippen molar-refractivity contribution in [1.29, 1.82) is 0 Å². The van der Waals surface area contributed by atoms with E-state index >= 15 is 0 Å². The third-order valence-electron chi connectivity index (χ3n) is 0.516. The van der Waals surface area contributed by atoms with E-state index in [-0.39, 0.29) is 5.54 Å². The van der Waals surface area contributed by atoms with Crippen molar-refractivity contribution in [3.63, 3.8) is 0 Å². The van der Waals surface area contributed by atoms with Crippen LogP contribution in [0.2, 0.25) is 0 Å². The zero-order valence-corrected chi connectivity index (χ0v) is 7.19. The van der Waals surface area contributed by atoms with Gasteiger partial charge in [0.25, 0.3) is 0 Å². The Hall–Kier alpha value is -0.0800. The van der Waals surface area contributed by atoms with Gasteiger partial charge >= 0.3 is 0 Å². The molecule has 0 saturated carbocycles. The van der Waals surface area contributed by atoms with Crippen molar-refractivity contribution in [2.45, 2.75) is 33.2 Å². The number of nitrogens with two attached hydrogens (primary N) is 1. The molecule has 0 spiro atoms. The fourth-order valence-corrected chi connectivity index (χ4v) is 0.372. The molecule has 0 aromatic rings. The summed E-state index contributed by atoms with van der Waals surface area (Å²) in [6.45, 7) is 8.47. The molecule has 0 fully saturated rings. The summed E-state index contributed by atoms with van der Waals surface area (Å²) in [4.78, 5) is 0. The van der Waals surface area contributed by atoms with Crippen LogP contribution in [0.15, 0.2) is 0 Å². The van der Waals surface area contributed by atoms with Gasteiger partial charge in [-0.05, 0) is 13.8 Å². The SMILES string of the molecule is CC.COCC(C)(C)N. The molecule has 2 nitrogen and oxygen atoms in total. The highest BCUT2D eigenvalue weighted by Gasteiger charge is 2.07. The molecule has 0 heterocycles. The predicted octanol–water partition coefficient (Wildman–Crippen LogP) is 1.40. The number of ether oxygens (including phenoxy) is 1. The maximum Gasteiger partial charge on any atom is 0.0636 e. The summed E-state index contributed by atoms with van der Waals surface area (Å²) in [5, 5.41) is 0. The van der Waals surface area contributed by atoms with Crippen LogP contribution < -0.4 is 5.73 Å². The normalized spacial score (nSPS) is 10.0. The third kappa shape index (κ3) is 18.1. The van der Waals surface area contributed by atoms with Gasteiger partial charge in [-0.1, -0.05) is 13.8 Å². The van der Waals surface area contributed by atoms with E-state index in [0.717, 1.165) is 0 Å². The number of hydrogen-bond donors (Lipinski definition) is 1. The molecular formula is C7H19NO. The van der Waals surface area contributed by atoms with Crippen molar-refractivity contribution < 1.29 is 4.74 Å². The lowest BCUT2D eigenvalue weighted by molar-refractivity contribution is 0.149. The summed E-state index contributed by atoms with van der Waals surface area (Å²) in [5.41, 5.74) is 5.35. The van der Waals surface area contributed by atoms with Gasteiger partial charge in [-0.15, -0.1) is 0 Å². The van der Waals surface area contributed by atoms with Crippen LogP contribution in [-0.4, -0.2) is 19.3 Å². The van der Waals surface area contributed by atoms with Crippen LogP contribution >= 0.6 is 0 Å². The fraction of sp³-hybridized carbons (Fsp3) is 1.00. The minimum atomic E-state index is -0.172. The van der Waals surface area contributed by atoms with Crippen LogP contribution in [0.1, 0.15) is 27.7 Å². The molecule has 0 aliphatic rings. The highest BCUT2D eigenvalue weighted by atomic mass is 16.5.